The Labute approximate surface area is 160 Å². The smallest absolute Gasteiger partial charge is 0.416 e. The number of benzene rings is 2. The summed E-state index contributed by atoms with van der Waals surface area (Å²) < 4.78 is 43.7. The van der Waals surface area contributed by atoms with E-state index < -0.39 is 46.9 Å². The highest BCUT2D eigenvalue weighted by Crippen LogP contribution is 2.32. The number of hydrogen-bond acceptors (Lipinski definition) is 6. The Morgan fingerprint density at radius 2 is 1.59 bits per heavy atom. The first-order valence-electron chi connectivity index (χ1n) is 7.89. The molecule has 2 aromatic carbocycles. The summed E-state index contributed by atoms with van der Waals surface area (Å²) in [6.07, 6.45) is -5.91. The fraction of sp³-hybridized carbons (Fsp3) is 0.111. The highest BCUT2D eigenvalue weighted by atomic mass is 19.4. The maximum atomic E-state index is 13.1. The number of amides is 3. The first kappa shape index (κ1) is 19.9. The van der Waals surface area contributed by atoms with E-state index in [9.17, 15) is 32.3 Å². The first-order valence-corrected chi connectivity index (χ1v) is 7.89. The second-order valence-electron chi connectivity index (χ2n) is 5.74. The van der Waals surface area contributed by atoms with Crippen LogP contribution in [0.4, 0.5) is 23.7 Å². The summed E-state index contributed by atoms with van der Waals surface area (Å²) in [5.74, 6) is -3.27. The quantitative estimate of drug-likeness (QED) is 0.783. The molecular formula is C18H11F3N2O6. The Morgan fingerprint density at radius 1 is 1.00 bits per heavy atom. The van der Waals surface area contributed by atoms with E-state index in [2.05, 4.69) is 4.74 Å². The Hall–Kier alpha value is -3.89. The highest BCUT2D eigenvalue weighted by molar-refractivity contribution is 6.21. The molecular weight excluding hydrogens is 397 g/mol. The fourth-order valence-electron chi connectivity index (χ4n) is 2.54. The molecule has 3 rings (SSSR count). The minimum absolute atomic E-state index is 0.0117. The van der Waals surface area contributed by atoms with Crippen molar-refractivity contribution in [1.29, 1.82) is 0 Å². The molecule has 29 heavy (non-hydrogen) atoms. The third-order valence-electron chi connectivity index (χ3n) is 3.86. The lowest BCUT2D eigenvalue weighted by atomic mass is 10.1. The van der Waals surface area contributed by atoms with Crippen LogP contribution in [-0.4, -0.2) is 36.0 Å². The molecule has 1 N–H and O–H groups in total. The number of rotatable bonds is 3. The Bertz CT molecular complexity index is 999. The summed E-state index contributed by atoms with van der Waals surface area (Å²) in [5.41, 5.74) is -2.34. The van der Waals surface area contributed by atoms with Gasteiger partial charge in [0.1, 0.15) is 0 Å². The molecule has 0 aromatic heterocycles. The van der Waals surface area contributed by atoms with Crippen LogP contribution >= 0.6 is 0 Å². The number of anilines is 1. The summed E-state index contributed by atoms with van der Waals surface area (Å²) in [6, 6.07) is 7.59. The zero-order valence-corrected chi connectivity index (χ0v) is 14.6. The van der Waals surface area contributed by atoms with Crippen LogP contribution in [0.5, 0.6) is 0 Å². The highest BCUT2D eigenvalue weighted by Gasteiger charge is 2.39. The van der Waals surface area contributed by atoms with Crippen LogP contribution in [-0.2, 0) is 15.8 Å². The standard InChI is InChI=1S/C18H11F3N2O6/c1-28-17(27)22-11-7-9(6-10(8-11)18(19,20)21)16(26)29-23-14(24)12-4-2-3-5-13(12)15(23)25/h2-8H,1H3,(H,22,27). The van der Waals surface area contributed by atoms with Crippen molar-refractivity contribution in [3.8, 4) is 0 Å². The molecule has 0 fully saturated rings. The van der Waals surface area contributed by atoms with Crippen molar-refractivity contribution in [2.45, 2.75) is 6.18 Å². The van der Waals surface area contributed by atoms with Crippen molar-refractivity contribution in [2.75, 3.05) is 12.4 Å². The number of fused-ring (bicyclic) bond motifs is 1. The minimum Gasteiger partial charge on any atom is -0.453 e. The number of nitrogens with one attached hydrogen (secondary N) is 1. The van der Waals surface area contributed by atoms with Crippen LogP contribution in [0, 0.1) is 0 Å². The maximum Gasteiger partial charge on any atom is 0.416 e. The van der Waals surface area contributed by atoms with Crippen molar-refractivity contribution in [1.82, 2.24) is 5.06 Å². The molecule has 0 radical (unpaired) electrons. The largest absolute Gasteiger partial charge is 0.453 e. The van der Waals surface area contributed by atoms with E-state index in [-0.39, 0.29) is 16.2 Å². The molecule has 11 heteroatoms. The molecule has 1 aliphatic rings. The van der Waals surface area contributed by atoms with Gasteiger partial charge in [-0.3, -0.25) is 14.9 Å². The lowest BCUT2D eigenvalue weighted by molar-refractivity contribution is -0.137. The summed E-state index contributed by atoms with van der Waals surface area (Å²) in [6.45, 7) is 0. The molecule has 0 unspecified atom stereocenters. The number of carbonyl (C=O) groups excluding carboxylic acids is 4. The zero-order valence-electron chi connectivity index (χ0n) is 14.6. The fourth-order valence-corrected chi connectivity index (χ4v) is 2.54. The van der Waals surface area contributed by atoms with E-state index in [0.717, 1.165) is 13.2 Å². The van der Waals surface area contributed by atoms with Crippen LogP contribution < -0.4 is 5.32 Å². The number of nitrogens with zero attached hydrogens (tertiary/aromatic N) is 1. The number of carbonyl (C=O) groups is 4. The van der Waals surface area contributed by atoms with Crippen LogP contribution in [0.3, 0.4) is 0 Å². The van der Waals surface area contributed by atoms with Gasteiger partial charge < -0.3 is 9.57 Å². The molecule has 0 bridgehead atoms. The summed E-state index contributed by atoms with van der Waals surface area (Å²) in [7, 11) is 1.00. The third kappa shape index (κ3) is 3.88. The topological polar surface area (TPSA) is 102 Å². The zero-order chi connectivity index (χ0) is 21.3. The number of hydroxylamine groups is 2. The summed E-state index contributed by atoms with van der Waals surface area (Å²) >= 11 is 0. The van der Waals surface area contributed by atoms with Crippen molar-refractivity contribution in [2.24, 2.45) is 0 Å². The lowest BCUT2D eigenvalue weighted by Gasteiger charge is -2.15. The molecule has 2 aromatic rings. The molecule has 0 saturated heterocycles. The Morgan fingerprint density at radius 3 is 2.10 bits per heavy atom. The van der Waals surface area contributed by atoms with Gasteiger partial charge in [0, 0.05) is 5.69 Å². The van der Waals surface area contributed by atoms with Gasteiger partial charge in [-0.05, 0) is 30.3 Å². The van der Waals surface area contributed by atoms with Crippen molar-refractivity contribution in [3.63, 3.8) is 0 Å². The molecule has 0 aliphatic carbocycles. The van der Waals surface area contributed by atoms with E-state index in [1.165, 1.54) is 24.3 Å². The van der Waals surface area contributed by atoms with Gasteiger partial charge in [-0.1, -0.05) is 17.2 Å². The van der Waals surface area contributed by atoms with Crippen LogP contribution in [0.2, 0.25) is 0 Å². The number of ether oxygens (including phenoxy) is 1. The van der Waals surface area contributed by atoms with Crippen LogP contribution in [0.15, 0.2) is 42.5 Å². The second kappa shape index (κ2) is 7.26. The van der Waals surface area contributed by atoms with Gasteiger partial charge in [-0.25, -0.2) is 9.59 Å². The van der Waals surface area contributed by atoms with Crippen LogP contribution in [0.1, 0.15) is 36.6 Å². The molecule has 0 atom stereocenters. The molecule has 0 saturated carbocycles. The Balaban J connectivity index is 1.91. The van der Waals surface area contributed by atoms with Gasteiger partial charge in [0.15, 0.2) is 0 Å². The molecule has 3 amide bonds. The maximum absolute atomic E-state index is 13.1. The number of hydrogen-bond donors (Lipinski definition) is 1. The van der Waals surface area contributed by atoms with E-state index in [1.54, 1.807) is 0 Å². The normalized spacial score (nSPS) is 13.2. The number of alkyl halides is 3. The predicted octanol–water partition coefficient (Wildman–Crippen LogP) is 3.25. The number of imide groups is 1. The molecule has 0 spiro atoms. The molecule has 1 aliphatic heterocycles. The number of methoxy groups -OCH3 is 1. The number of halogens is 3. The van der Waals surface area contributed by atoms with E-state index >= 15 is 0 Å². The molecule has 150 valence electrons. The van der Waals surface area contributed by atoms with Gasteiger partial charge in [-0.15, -0.1) is 0 Å². The SMILES string of the molecule is COC(=O)Nc1cc(C(=O)ON2C(=O)c3ccccc3C2=O)cc(C(F)(F)F)c1. The van der Waals surface area contributed by atoms with E-state index in [1.807, 2.05) is 5.32 Å². The monoisotopic (exact) mass is 408 g/mol. The van der Waals surface area contributed by atoms with E-state index in [0.29, 0.717) is 12.1 Å². The second-order valence-corrected chi connectivity index (χ2v) is 5.74. The molecule has 8 nitrogen and oxygen atoms in total. The van der Waals surface area contributed by atoms with Crippen molar-refractivity contribution in [3.05, 3.63) is 64.7 Å². The Kier molecular flexibility index (Phi) is 4.97. The van der Waals surface area contributed by atoms with Crippen molar-refractivity contribution < 1.29 is 41.9 Å². The third-order valence-corrected chi connectivity index (χ3v) is 3.86. The predicted molar refractivity (Wildman–Crippen MR) is 89.8 cm³/mol. The lowest BCUT2D eigenvalue weighted by Crippen LogP contribution is -2.32. The van der Waals surface area contributed by atoms with Gasteiger partial charge in [0.25, 0.3) is 11.8 Å². The molecule has 1 heterocycles. The summed E-state index contributed by atoms with van der Waals surface area (Å²) in [5, 5.41) is 2.18. The van der Waals surface area contributed by atoms with Crippen LogP contribution in [0.25, 0.3) is 0 Å². The van der Waals surface area contributed by atoms with Gasteiger partial charge in [0.2, 0.25) is 0 Å². The summed E-state index contributed by atoms with van der Waals surface area (Å²) in [4.78, 5) is 52.8. The van der Waals surface area contributed by atoms with Crippen molar-refractivity contribution >= 4 is 29.6 Å². The minimum atomic E-state index is -4.85. The first-order chi connectivity index (χ1) is 13.6. The average Bonchev–Trinajstić information content (AvgIpc) is 2.92. The van der Waals surface area contributed by atoms with E-state index in [4.69, 9.17) is 4.84 Å². The van der Waals surface area contributed by atoms with Gasteiger partial charge >= 0.3 is 18.2 Å². The van der Waals surface area contributed by atoms with Gasteiger partial charge in [-0.2, -0.15) is 13.2 Å². The van der Waals surface area contributed by atoms with Gasteiger partial charge in [0.05, 0.1) is 29.4 Å². The average molecular weight is 408 g/mol.